The topological polar surface area (TPSA) is 15.6 Å². The molecule has 1 aliphatic rings. The number of allylic oxidation sites excluding steroid dienone is 2. The molecule has 0 aliphatic carbocycles. The average Bonchev–Trinajstić information content (AvgIpc) is 2.35. The van der Waals surface area contributed by atoms with Crippen LogP contribution in [0.25, 0.3) is 0 Å². The molecule has 0 N–H and O–H groups in total. The van der Waals surface area contributed by atoms with Crippen molar-refractivity contribution in [2.24, 2.45) is 11.0 Å². The van der Waals surface area contributed by atoms with Crippen molar-refractivity contribution in [3.63, 3.8) is 0 Å². The number of benzene rings is 1. The molecule has 19 heavy (non-hydrogen) atoms. The number of rotatable bonds is 2. The van der Waals surface area contributed by atoms with Gasteiger partial charge in [-0.15, -0.1) is 0 Å². The van der Waals surface area contributed by atoms with Crippen LogP contribution in [-0.4, -0.2) is 17.8 Å². The number of hydrazone groups is 1. The highest BCUT2D eigenvalue weighted by Gasteiger charge is 2.18. The summed E-state index contributed by atoms with van der Waals surface area (Å²) in [7, 11) is 1.88. The van der Waals surface area contributed by atoms with E-state index in [1.165, 1.54) is 6.07 Å². The average molecular weight is 258 g/mol. The van der Waals surface area contributed by atoms with Crippen LogP contribution in [0.5, 0.6) is 0 Å². The van der Waals surface area contributed by atoms with Gasteiger partial charge in [-0.05, 0) is 48.3 Å². The summed E-state index contributed by atoms with van der Waals surface area (Å²) < 4.78 is 13.3. The highest BCUT2D eigenvalue weighted by molar-refractivity contribution is 6.10. The fourth-order valence-electron chi connectivity index (χ4n) is 2.11. The van der Waals surface area contributed by atoms with Crippen molar-refractivity contribution < 1.29 is 4.39 Å². The fraction of sp³-hybridized carbons (Fsp3) is 0.312. The van der Waals surface area contributed by atoms with E-state index in [-0.39, 0.29) is 5.82 Å². The first kappa shape index (κ1) is 13.5. The van der Waals surface area contributed by atoms with E-state index >= 15 is 0 Å². The highest BCUT2D eigenvalue weighted by Crippen LogP contribution is 2.26. The number of nitrogens with zero attached hydrogens (tertiary/aromatic N) is 2. The van der Waals surface area contributed by atoms with Crippen LogP contribution in [0.3, 0.4) is 0 Å². The van der Waals surface area contributed by atoms with Gasteiger partial charge in [-0.3, -0.25) is 5.01 Å². The SMILES string of the molecule is C=C1C(C(C)C)=CC(c2ccc(F)c(C)c2)=NN1C. The molecule has 2 rings (SSSR count). The minimum absolute atomic E-state index is 0.189. The Kier molecular flexibility index (Phi) is 3.56. The normalized spacial score (nSPS) is 15.7. The predicted molar refractivity (Wildman–Crippen MR) is 77.5 cm³/mol. The Morgan fingerprint density at radius 1 is 1.32 bits per heavy atom. The first-order chi connectivity index (χ1) is 8.90. The maximum absolute atomic E-state index is 13.3. The van der Waals surface area contributed by atoms with Crippen molar-refractivity contribution in [2.75, 3.05) is 7.05 Å². The summed E-state index contributed by atoms with van der Waals surface area (Å²) in [6.45, 7) is 10.1. The second-order valence-corrected chi connectivity index (χ2v) is 5.17. The quantitative estimate of drug-likeness (QED) is 0.786. The number of hydrogen-bond donors (Lipinski definition) is 0. The molecule has 0 amide bonds. The summed E-state index contributed by atoms with van der Waals surface area (Å²) in [4.78, 5) is 0. The summed E-state index contributed by atoms with van der Waals surface area (Å²) in [6, 6.07) is 5.07. The first-order valence-electron chi connectivity index (χ1n) is 6.40. The van der Waals surface area contributed by atoms with E-state index in [1.54, 1.807) is 18.0 Å². The van der Waals surface area contributed by atoms with Gasteiger partial charge in [0.05, 0.1) is 11.4 Å². The van der Waals surface area contributed by atoms with Gasteiger partial charge in [-0.1, -0.05) is 20.4 Å². The van der Waals surface area contributed by atoms with Crippen LogP contribution in [0.4, 0.5) is 4.39 Å². The zero-order chi connectivity index (χ0) is 14.2. The van der Waals surface area contributed by atoms with E-state index in [9.17, 15) is 4.39 Å². The Balaban J connectivity index is 2.47. The Labute approximate surface area is 113 Å². The van der Waals surface area contributed by atoms with Gasteiger partial charge < -0.3 is 0 Å². The van der Waals surface area contributed by atoms with Crippen molar-refractivity contribution in [1.29, 1.82) is 0 Å². The Morgan fingerprint density at radius 3 is 2.58 bits per heavy atom. The van der Waals surface area contributed by atoms with Crippen molar-refractivity contribution in [3.05, 3.63) is 59.1 Å². The van der Waals surface area contributed by atoms with Crippen LogP contribution in [0.1, 0.15) is 25.0 Å². The zero-order valence-corrected chi connectivity index (χ0v) is 11.9. The third-order valence-electron chi connectivity index (χ3n) is 3.35. The number of likely N-dealkylation sites (N-methyl/N-ethyl adjacent to an activating group) is 1. The molecule has 0 atom stereocenters. The lowest BCUT2D eigenvalue weighted by molar-refractivity contribution is 0.441. The molecule has 2 nitrogen and oxygen atoms in total. The van der Waals surface area contributed by atoms with E-state index < -0.39 is 0 Å². The van der Waals surface area contributed by atoms with Gasteiger partial charge in [0.25, 0.3) is 0 Å². The van der Waals surface area contributed by atoms with Crippen molar-refractivity contribution >= 4 is 5.71 Å². The van der Waals surface area contributed by atoms with Gasteiger partial charge in [-0.2, -0.15) is 5.10 Å². The molecule has 0 aromatic heterocycles. The van der Waals surface area contributed by atoms with E-state index in [2.05, 4.69) is 25.5 Å². The van der Waals surface area contributed by atoms with Gasteiger partial charge in [0.15, 0.2) is 0 Å². The monoisotopic (exact) mass is 258 g/mol. The molecular weight excluding hydrogens is 239 g/mol. The van der Waals surface area contributed by atoms with Gasteiger partial charge in [0.1, 0.15) is 5.82 Å². The molecule has 100 valence electrons. The first-order valence-corrected chi connectivity index (χ1v) is 6.40. The van der Waals surface area contributed by atoms with E-state index in [1.807, 2.05) is 19.2 Å². The van der Waals surface area contributed by atoms with Crippen LogP contribution in [0.15, 0.2) is 47.2 Å². The van der Waals surface area contributed by atoms with Crippen LogP contribution in [0.2, 0.25) is 0 Å². The molecule has 1 aromatic rings. The number of aryl methyl sites for hydroxylation is 1. The standard InChI is InChI=1S/C16H19FN2/c1-10(2)14-9-16(18-19(5)12(14)4)13-6-7-15(17)11(3)8-13/h6-10H,4H2,1-3,5H3. The third kappa shape index (κ3) is 2.60. The number of hydrogen-bond acceptors (Lipinski definition) is 2. The zero-order valence-electron chi connectivity index (χ0n) is 11.9. The van der Waals surface area contributed by atoms with E-state index in [0.717, 1.165) is 22.5 Å². The molecule has 1 aliphatic heterocycles. The van der Waals surface area contributed by atoms with Crippen LogP contribution in [0, 0.1) is 18.7 Å². The maximum atomic E-state index is 13.3. The minimum atomic E-state index is -0.189. The van der Waals surface area contributed by atoms with Gasteiger partial charge >= 0.3 is 0 Å². The summed E-state index contributed by atoms with van der Waals surface area (Å²) in [6.07, 6.45) is 2.04. The molecule has 0 spiro atoms. The molecule has 1 aromatic carbocycles. The van der Waals surface area contributed by atoms with Crippen molar-refractivity contribution in [2.45, 2.75) is 20.8 Å². The minimum Gasteiger partial charge on any atom is -0.268 e. The molecule has 1 heterocycles. The smallest absolute Gasteiger partial charge is 0.126 e. The summed E-state index contributed by atoms with van der Waals surface area (Å²) in [5, 5.41) is 6.27. The lowest BCUT2D eigenvalue weighted by atomic mass is 9.95. The molecule has 0 unspecified atom stereocenters. The van der Waals surface area contributed by atoms with Crippen LogP contribution >= 0.6 is 0 Å². The Bertz CT molecular complexity index is 582. The fourth-order valence-corrected chi connectivity index (χ4v) is 2.11. The summed E-state index contributed by atoms with van der Waals surface area (Å²) in [5.41, 5.74) is 4.48. The largest absolute Gasteiger partial charge is 0.268 e. The van der Waals surface area contributed by atoms with Crippen LogP contribution < -0.4 is 0 Å². The summed E-state index contributed by atoms with van der Waals surface area (Å²) >= 11 is 0. The van der Waals surface area contributed by atoms with Gasteiger partial charge in [0, 0.05) is 12.6 Å². The maximum Gasteiger partial charge on any atom is 0.126 e. The van der Waals surface area contributed by atoms with E-state index in [0.29, 0.717) is 11.5 Å². The second-order valence-electron chi connectivity index (χ2n) is 5.17. The van der Waals surface area contributed by atoms with E-state index in [4.69, 9.17) is 0 Å². The molecule has 0 saturated carbocycles. The second kappa shape index (κ2) is 5.00. The molecule has 0 fully saturated rings. The Morgan fingerprint density at radius 2 is 2.00 bits per heavy atom. The van der Waals surface area contributed by atoms with Gasteiger partial charge in [0.2, 0.25) is 0 Å². The molecule has 3 heteroatoms. The van der Waals surface area contributed by atoms with Crippen LogP contribution in [-0.2, 0) is 0 Å². The third-order valence-corrected chi connectivity index (χ3v) is 3.35. The lowest BCUT2D eigenvalue weighted by Crippen LogP contribution is -2.22. The molecular formula is C16H19FN2. The predicted octanol–water partition coefficient (Wildman–Crippen LogP) is 3.88. The van der Waals surface area contributed by atoms with Crippen molar-refractivity contribution in [1.82, 2.24) is 5.01 Å². The number of halogens is 1. The molecule has 0 saturated heterocycles. The van der Waals surface area contributed by atoms with Crippen molar-refractivity contribution in [3.8, 4) is 0 Å². The Hall–Kier alpha value is -1.90. The molecule has 0 radical (unpaired) electrons. The summed E-state index contributed by atoms with van der Waals surface area (Å²) in [5.74, 6) is 0.188. The van der Waals surface area contributed by atoms with Gasteiger partial charge in [-0.25, -0.2) is 4.39 Å². The lowest BCUT2D eigenvalue weighted by Gasteiger charge is -2.26. The molecule has 0 bridgehead atoms. The highest BCUT2D eigenvalue weighted by atomic mass is 19.1.